The fourth-order valence-corrected chi connectivity index (χ4v) is 12.3. The lowest BCUT2D eigenvalue weighted by atomic mass is 9.69. The first kappa shape index (κ1) is 54.0. The fourth-order valence-electron chi connectivity index (χ4n) is 12.3. The van der Waals surface area contributed by atoms with Crippen molar-refractivity contribution in [3.05, 3.63) is 166 Å². The van der Waals surface area contributed by atoms with Crippen LogP contribution in [0.3, 0.4) is 0 Å². The van der Waals surface area contributed by atoms with Gasteiger partial charge in [-0.05, 0) is 235 Å². The van der Waals surface area contributed by atoms with Crippen LogP contribution in [0.25, 0.3) is 44.5 Å². The van der Waals surface area contributed by atoms with Crippen molar-refractivity contribution in [1.82, 2.24) is 0 Å². The molecule has 8 heteroatoms. The van der Waals surface area contributed by atoms with Crippen molar-refractivity contribution >= 4 is 23.9 Å². The van der Waals surface area contributed by atoms with Gasteiger partial charge in [0.15, 0.2) is 0 Å². The van der Waals surface area contributed by atoms with E-state index in [9.17, 15) is 19.2 Å². The van der Waals surface area contributed by atoms with Crippen molar-refractivity contribution in [2.24, 2.45) is 0 Å². The minimum atomic E-state index is -0.706. The van der Waals surface area contributed by atoms with Crippen LogP contribution in [0, 0.1) is 0 Å². The Balaban J connectivity index is 0.000000288. The van der Waals surface area contributed by atoms with E-state index in [1.165, 1.54) is 44.5 Å². The number of fused-ring (bicyclic) bond motifs is 12. The Labute approximate surface area is 450 Å². The Kier molecular flexibility index (Phi) is 14.4. The van der Waals surface area contributed by atoms with E-state index in [0.29, 0.717) is 25.7 Å². The topological polar surface area (TPSA) is 105 Å². The fraction of sp³-hybridized carbons (Fsp3) is 0.412. The van der Waals surface area contributed by atoms with Crippen LogP contribution in [-0.4, -0.2) is 46.3 Å². The Morgan fingerprint density at radius 3 is 0.908 bits per heavy atom. The molecule has 76 heavy (non-hydrogen) atoms. The first-order chi connectivity index (χ1) is 35.7. The number of hydrogen-bond donors (Lipinski definition) is 0. The maximum absolute atomic E-state index is 13.4. The summed E-state index contributed by atoms with van der Waals surface area (Å²) in [5.74, 6) is -1.19. The van der Waals surface area contributed by atoms with Gasteiger partial charge in [0.05, 0.1) is 0 Å². The molecule has 0 radical (unpaired) electrons. The molecule has 0 saturated heterocycles. The Morgan fingerprint density at radius 1 is 0.329 bits per heavy atom. The molecule has 0 aromatic heterocycles. The van der Waals surface area contributed by atoms with E-state index < -0.39 is 33.2 Å². The van der Waals surface area contributed by atoms with Crippen molar-refractivity contribution in [2.45, 2.75) is 181 Å². The number of esters is 4. The summed E-state index contributed by atoms with van der Waals surface area (Å²) in [7, 11) is 0. The molecule has 8 nitrogen and oxygen atoms in total. The van der Waals surface area contributed by atoms with Crippen LogP contribution in [0.4, 0.5) is 0 Å². The standard InChI is InChI=1S/C48H62O8.C20H14/c1-43(2,3)53-39(49)21-25-47(26-22-40(50)54-44(4,5)6)35-19-15-13-17-31(35)33-30-38-34(29-37(33)47)32-18-14-16-20-36(32)48(38,27-23-41(51)55-45(7,8)9)28-24-42(52)56-46(10,11)12;1-3-7-17-13(5-1)9-15-11-20-16(12-19(15)17)10-14-6-2-4-8-18(14)20/h13-20,29-30H,21-28H2,1-12H3;1-8,11-12H,9-10H2. The number of carbonyl (C=O) groups excluding carboxylic acids is 4. The highest BCUT2D eigenvalue weighted by Crippen LogP contribution is 2.61. The van der Waals surface area contributed by atoms with Gasteiger partial charge < -0.3 is 18.9 Å². The summed E-state index contributed by atoms with van der Waals surface area (Å²) in [5, 5.41) is 0. The highest BCUT2D eigenvalue weighted by Gasteiger charge is 2.49. The van der Waals surface area contributed by atoms with Gasteiger partial charge in [-0.25, -0.2) is 0 Å². The highest BCUT2D eigenvalue weighted by atomic mass is 16.6. The predicted octanol–water partition coefficient (Wildman–Crippen LogP) is 15.5. The molecule has 396 valence electrons. The average molecular weight is 1020 g/mol. The maximum Gasteiger partial charge on any atom is 0.306 e. The predicted molar refractivity (Wildman–Crippen MR) is 302 cm³/mol. The van der Waals surface area contributed by atoms with Crippen LogP contribution in [0.1, 0.15) is 179 Å². The largest absolute Gasteiger partial charge is 0.460 e. The van der Waals surface area contributed by atoms with E-state index in [1.54, 1.807) is 0 Å². The molecule has 0 fully saturated rings. The molecule has 6 aromatic carbocycles. The summed E-state index contributed by atoms with van der Waals surface area (Å²) < 4.78 is 23.2. The van der Waals surface area contributed by atoms with Gasteiger partial charge in [-0.15, -0.1) is 0 Å². The average Bonchev–Trinajstić information content (AvgIpc) is 4.21. The van der Waals surface area contributed by atoms with Crippen molar-refractivity contribution in [3.8, 4) is 44.5 Å². The van der Waals surface area contributed by atoms with E-state index in [1.807, 2.05) is 107 Å². The molecule has 4 aliphatic carbocycles. The maximum atomic E-state index is 13.4. The third kappa shape index (κ3) is 11.3. The summed E-state index contributed by atoms with van der Waals surface area (Å²) in [6.07, 6.45) is 4.50. The van der Waals surface area contributed by atoms with Crippen LogP contribution >= 0.6 is 0 Å². The van der Waals surface area contributed by atoms with E-state index in [2.05, 4.69) is 97.1 Å². The minimum Gasteiger partial charge on any atom is -0.460 e. The summed E-state index contributed by atoms with van der Waals surface area (Å²) in [4.78, 5) is 53.5. The molecule has 0 spiro atoms. The number of carbonyl (C=O) groups is 4. The molecule has 10 rings (SSSR count). The Bertz CT molecular complexity index is 2950. The van der Waals surface area contributed by atoms with Gasteiger partial charge in [0.25, 0.3) is 0 Å². The van der Waals surface area contributed by atoms with Gasteiger partial charge in [0.1, 0.15) is 22.4 Å². The van der Waals surface area contributed by atoms with Crippen LogP contribution in [0.15, 0.2) is 121 Å². The summed E-state index contributed by atoms with van der Waals surface area (Å²) in [5.41, 5.74) is 16.0. The Morgan fingerprint density at radius 2 is 0.605 bits per heavy atom. The smallest absolute Gasteiger partial charge is 0.306 e. The van der Waals surface area contributed by atoms with Crippen molar-refractivity contribution < 1.29 is 38.1 Å². The second-order valence-corrected chi connectivity index (χ2v) is 25.4. The molecule has 0 atom stereocenters. The van der Waals surface area contributed by atoms with Crippen molar-refractivity contribution in [2.75, 3.05) is 0 Å². The highest BCUT2D eigenvalue weighted by molar-refractivity contribution is 5.91. The van der Waals surface area contributed by atoms with Gasteiger partial charge >= 0.3 is 23.9 Å². The molecule has 0 saturated carbocycles. The monoisotopic (exact) mass is 1020 g/mol. The number of ether oxygens (including phenoxy) is 4. The molecule has 0 unspecified atom stereocenters. The molecule has 0 bridgehead atoms. The second kappa shape index (κ2) is 20.3. The number of hydrogen-bond acceptors (Lipinski definition) is 8. The second-order valence-electron chi connectivity index (χ2n) is 25.4. The third-order valence-corrected chi connectivity index (χ3v) is 15.1. The van der Waals surface area contributed by atoms with E-state index >= 15 is 0 Å². The zero-order chi connectivity index (χ0) is 54.6. The summed E-state index contributed by atoms with van der Waals surface area (Å²) >= 11 is 0. The molecule has 0 heterocycles. The zero-order valence-electron chi connectivity index (χ0n) is 46.9. The molecule has 0 amide bonds. The molecule has 4 aliphatic rings. The lowest BCUT2D eigenvalue weighted by Crippen LogP contribution is -2.32. The van der Waals surface area contributed by atoms with Gasteiger partial charge in [-0.2, -0.15) is 0 Å². The molecular formula is C68H76O8. The van der Waals surface area contributed by atoms with Crippen LogP contribution in [0.5, 0.6) is 0 Å². The number of benzene rings is 6. The van der Waals surface area contributed by atoms with Crippen LogP contribution in [-0.2, 0) is 61.8 Å². The lowest BCUT2D eigenvalue weighted by molar-refractivity contribution is -0.157. The van der Waals surface area contributed by atoms with Gasteiger partial charge in [-0.3, -0.25) is 19.2 Å². The normalized spacial score (nSPS) is 14.8. The molecule has 6 aromatic rings. The zero-order valence-corrected chi connectivity index (χ0v) is 46.9. The lowest BCUT2D eigenvalue weighted by Gasteiger charge is -2.34. The van der Waals surface area contributed by atoms with E-state index in [0.717, 1.165) is 57.3 Å². The SMILES string of the molecule is CC(C)(C)OC(=O)CCC1(CCC(=O)OC(C)(C)C)c2ccccc2-c2cc3c(cc21)-c1ccccc1C3(CCC(=O)OC(C)(C)C)CCC(=O)OC(C)(C)C.c1ccc2c(c1)Cc1cc3c(cc1-2)Cc1ccccc1-3. The van der Waals surface area contributed by atoms with Crippen LogP contribution in [0.2, 0.25) is 0 Å². The quantitative estimate of drug-likeness (QED) is 0.0880. The van der Waals surface area contributed by atoms with Crippen LogP contribution < -0.4 is 0 Å². The van der Waals surface area contributed by atoms with Gasteiger partial charge in [-0.1, -0.05) is 97.1 Å². The minimum absolute atomic E-state index is 0.156. The van der Waals surface area contributed by atoms with E-state index in [-0.39, 0.29) is 49.6 Å². The van der Waals surface area contributed by atoms with Gasteiger partial charge in [0.2, 0.25) is 0 Å². The summed E-state index contributed by atoms with van der Waals surface area (Å²) in [6.45, 7) is 22.4. The van der Waals surface area contributed by atoms with Crippen molar-refractivity contribution in [3.63, 3.8) is 0 Å². The van der Waals surface area contributed by atoms with Crippen molar-refractivity contribution in [1.29, 1.82) is 0 Å². The Hall–Kier alpha value is -6.80. The first-order valence-corrected chi connectivity index (χ1v) is 27.3. The summed E-state index contributed by atoms with van der Waals surface area (Å²) in [6, 6.07) is 43.4. The molecule has 0 aliphatic heterocycles. The molecular weight excluding hydrogens is 945 g/mol. The molecule has 0 N–H and O–H groups in total. The van der Waals surface area contributed by atoms with E-state index in [4.69, 9.17) is 18.9 Å². The van der Waals surface area contributed by atoms with Gasteiger partial charge in [0, 0.05) is 36.5 Å². The number of rotatable bonds is 12. The third-order valence-electron chi connectivity index (χ3n) is 15.1. The first-order valence-electron chi connectivity index (χ1n) is 27.3.